The van der Waals surface area contributed by atoms with Gasteiger partial charge in [-0.3, -0.25) is 9.80 Å². The molecule has 1 heterocycles. The summed E-state index contributed by atoms with van der Waals surface area (Å²) in [6, 6.07) is -3.00. The van der Waals surface area contributed by atoms with Crippen molar-refractivity contribution < 1.29 is 73.7 Å². The van der Waals surface area contributed by atoms with Crippen LogP contribution in [0.25, 0.3) is 0 Å². The van der Waals surface area contributed by atoms with Gasteiger partial charge in [0.25, 0.3) is 0 Å². The van der Waals surface area contributed by atoms with Gasteiger partial charge < -0.3 is 9.47 Å². The van der Waals surface area contributed by atoms with Crippen LogP contribution in [0.2, 0.25) is 0 Å². The summed E-state index contributed by atoms with van der Waals surface area (Å²) in [5.74, 6) is 0. The second-order valence-corrected chi connectivity index (χ2v) is 8.63. The van der Waals surface area contributed by atoms with Crippen molar-refractivity contribution in [2.45, 2.75) is 63.7 Å². The molecule has 0 fully saturated rings. The maximum Gasteiger partial charge on any atom is 0.416 e. The van der Waals surface area contributed by atoms with E-state index in [9.17, 15) is 49.1 Å². The minimum absolute atomic E-state index is 0.123. The van der Waals surface area contributed by atoms with Crippen molar-refractivity contribution in [3.05, 3.63) is 64.2 Å². The summed E-state index contributed by atoms with van der Waals surface area (Å²) in [7, 11) is -3.67. The minimum atomic E-state index is -5.43. The zero-order chi connectivity index (χ0) is 40.2. The Bertz CT molecular complexity index is 1630. The van der Waals surface area contributed by atoms with Crippen LogP contribution in [0.15, 0.2) is 36.4 Å². The number of ether oxygens (including phenoxy) is 2. The van der Waals surface area contributed by atoms with Crippen LogP contribution < -0.4 is 4.90 Å². The van der Waals surface area contributed by atoms with E-state index < -0.39 is 123 Å². The average molecular weight is 612 g/mol. The van der Waals surface area contributed by atoms with E-state index in [0.29, 0.717) is 12.1 Å². The Balaban J connectivity index is 2.38. The molecule has 41 heavy (non-hydrogen) atoms. The number of carbonyl (C=O) groups is 2. The zero-order valence-electron chi connectivity index (χ0n) is 31.2. The second kappa shape index (κ2) is 11.7. The lowest BCUT2D eigenvalue weighted by Crippen LogP contribution is -2.48. The molecule has 6 nitrogen and oxygen atoms in total. The maximum atomic E-state index is 14.0. The second-order valence-electron chi connectivity index (χ2n) is 8.63. The molecule has 2 aromatic carbocycles. The molecule has 0 N–H and O–H groups in total. The van der Waals surface area contributed by atoms with E-state index in [4.69, 9.17) is 15.1 Å². The summed E-state index contributed by atoms with van der Waals surface area (Å²) in [6.45, 7) is -12.0. The van der Waals surface area contributed by atoms with Gasteiger partial charge in [-0.25, -0.2) is 9.59 Å². The van der Waals surface area contributed by atoms with Crippen LogP contribution in [0.1, 0.15) is 75.5 Å². The van der Waals surface area contributed by atoms with Gasteiger partial charge in [-0.2, -0.15) is 39.5 Å². The molecule has 1 aliphatic rings. The molecule has 0 radical (unpaired) electrons. The van der Waals surface area contributed by atoms with E-state index in [1.54, 1.807) is 0 Å². The number of amides is 2. The monoisotopic (exact) mass is 611 g/mol. The molecule has 2 unspecified atom stereocenters. The van der Waals surface area contributed by atoms with Gasteiger partial charge in [-0.05, 0) is 67.2 Å². The Labute approximate surface area is 244 Å². The highest BCUT2D eigenvalue weighted by Crippen LogP contribution is 2.45. The van der Waals surface area contributed by atoms with Crippen molar-refractivity contribution in [3.63, 3.8) is 0 Å². The Morgan fingerprint density at radius 1 is 0.951 bits per heavy atom. The third-order valence-electron chi connectivity index (χ3n) is 6.10. The Morgan fingerprint density at radius 3 is 2.12 bits per heavy atom. The summed E-state index contributed by atoms with van der Waals surface area (Å²) in [5, 5.41) is 0. The molecule has 2 atom stereocenters. The van der Waals surface area contributed by atoms with Gasteiger partial charge in [0, 0.05) is 20.8 Å². The number of fused-ring (bicyclic) bond motifs is 1. The Kier molecular flexibility index (Phi) is 5.55. The van der Waals surface area contributed by atoms with E-state index in [1.807, 2.05) is 0 Å². The van der Waals surface area contributed by atoms with Gasteiger partial charge in [0.15, 0.2) is 0 Å². The van der Waals surface area contributed by atoms with E-state index in [-0.39, 0.29) is 34.1 Å². The van der Waals surface area contributed by atoms with Crippen molar-refractivity contribution in [2.75, 3.05) is 18.5 Å². The number of rotatable bonds is 5. The third-order valence-corrected chi connectivity index (χ3v) is 6.10. The van der Waals surface area contributed by atoms with E-state index >= 15 is 0 Å². The topological polar surface area (TPSA) is 59.1 Å². The van der Waals surface area contributed by atoms with Crippen LogP contribution >= 0.6 is 0 Å². The van der Waals surface area contributed by atoms with Crippen molar-refractivity contribution in [3.8, 4) is 0 Å². The average Bonchev–Trinajstić information content (AvgIpc) is 2.91. The van der Waals surface area contributed by atoms with E-state index in [1.165, 1.54) is 0 Å². The zero-order valence-corrected chi connectivity index (χ0v) is 20.2. The molecule has 226 valence electrons. The first-order valence-electron chi connectivity index (χ1n) is 16.6. The predicted octanol–water partition coefficient (Wildman–Crippen LogP) is 8.20. The van der Waals surface area contributed by atoms with Gasteiger partial charge in [-0.1, -0.05) is 6.85 Å². The quantitative estimate of drug-likeness (QED) is 0.320. The van der Waals surface area contributed by atoms with Crippen molar-refractivity contribution >= 4 is 17.9 Å². The molecule has 15 heteroatoms. The molecule has 0 aliphatic carbocycles. The summed E-state index contributed by atoms with van der Waals surface area (Å²) in [6.07, 6.45) is -22.3. The molecule has 3 rings (SSSR count). The first kappa shape index (κ1) is 19.5. The van der Waals surface area contributed by atoms with Gasteiger partial charge in [0.05, 0.1) is 48.9 Å². The molecule has 0 bridgehead atoms. The highest BCUT2D eigenvalue weighted by atomic mass is 19.4. The number of methoxy groups -OCH3 is 1. The summed E-state index contributed by atoms with van der Waals surface area (Å²) in [4.78, 5) is 27.1. The summed E-state index contributed by atoms with van der Waals surface area (Å²) in [5.41, 5.74) is -8.01. The Morgan fingerprint density at radius 2 is 1.59 bits per heavy atom. The number of carbonyl (C=O) groups excluding carboxylic acids is 2. The van der Waals surface area contributed by atoms with Crippen molar-refractivity contribution in [1.29, 1.82) is 0 Å². The van der Waals surface area contributed by atoms with Crippen LogP contribution in [0.5, 0.6) is 0 Å². The highest BCUT2D eigenvalue weighted by Gasteiger charge is 2.43. The number of hydrogen-bond acceptors (Lipinski definition) is 4. The SMILES string of the molecule is [2H]C([2H])([2H])CC1CC(N(Cc2cc(C(F)(F)F)cc(C(F)(F)F)c2)C(=O)OC([2H])([2H])[2H])c2cc(C(F)(F)F)ccc2N1C(=O)OC([2H])([2H])C([2H])([2H])[2H]. The lowest BCUT2D eigenvalue weighted by Gasteiger charge is -2.43. The van der Waals surface area contributed by atoms with E-state index in [2.05, 4.69) is 9.47 Å². The lowest BCUT2D eigenvalue weighted by molar-refractivity contribution is -0.143. The molecular weight excluding hydrogens is 575 g/mol. The molecular formula is C26H25F9N2O4. The lowest BCUT2D eigenvalue weighted by atomic mass is 9.87. The van der Waals surface area contributed by atoms with Crippen LogP contribution in [0, 0.1) is 0 Å². The van der Waals surface area contributed by atoms with Gasteiger partial charge in [0.1, 0.15) is 0 Å². The van der Waals surface area contributed by atoms with Crippen LogP contribution in [0.3, 0.4) is 0 Å². The number of benzene rings is 2. The molecule has 2 amide bonds. The van der Waals surface area contributed by atoms with Gasteiger partial charge >= 0.3 is 30.7 Å². The van der Waals surface area contributed by atoms with Crippen LogP contribution in [-0.2, 0) is 34.5 Å². The van der Waals surface area contributed by atoms with Crippen LogP contribution in [-0.4, -0.2) is 36.7 Å². The number of alkyl halides is 9. The smallest absolute Gasteiger partial charge is 0.416 e. The fraction of sp³-hybridized carbons (Fsp3) is 0.462. The predicted molar refractivity (Wildman–Crippen MR) is 127 cm³/mol. The number of hydrogen-bond donors (Lipinski definition) is 0. The number of halogens is 9. The molecule has 2 aromatic rings. The van der Waals surface area contributed by atoms with Crippen LogP contribution in [0.4, 0.5) is 54.8 Å². The van der Waals surface area contributed by atoms with Crippen molar-refractivity contribution in [2.24, 2.45) is 0 Å². The summed E-state index contributed by atoms with van der Waals surface area (Å²) < 4.78 is 215. The highest BCUT2D eigenvalue weighted by molar-refractivity contribution is 5.90. The first-order chi connectivity index (χ1) is 23.1. The fourth-order valence-electron chi connectivity index (χ4n) is 4.38. The minimum Gasteiger partial charge on any atom is -0.453 e. The van der Waals surface area contributed by atoms with Crippen molar-refractivity contribution in [1.82, 2.24) is 4.90 Å². The Hall–Kier alpha value is -3.65. The fourth-order valence-corrected chi connectivity index (χ4v) is 4.38. The molecule has 0 aromatic heterocycles. The maximum absolute atomic E-state index is 14.0. The molecule has 1 aliphatic heterocycles. The molecule has 0 spiro atoms. The molecule has 0 saturated carbocycles. The standard InChI is InChI=1S/C26H25F9N2O4/c1-4-18-12-21(19-11-15(24(27,28)29)6-7-20(19)37(18)23(39)41-5-2)36(22(38)40-3)13-14-8-16(25(30,31)32)10-17(9-14)26(33,34)35/h6-11,18,21H,4-5,12-13H2,1-3H3/i1D3,2D3,3D3,5D2. The normalized spacial score (nSPS) is 22.9. The van der Waals surface area contributed by atoms with Gasteiger partial charge in [0.2, 0.25) is 0 Å². The first-order valence-corrected chi connectivity index (χ1v) is 11.1. The third kappa shape index (κ3) is 6.99. The largest absolute Gasteiger partial charge is 0.453 e. The van der Waals surface area contributed by atoms with Gasteiger partial charge in [-0.15, -0.1) is 0 Å². The molecule has 0 saturated heterocycles. The summed E-state index contributed by atoms with van der Waals surface area (Å²) >= 11 is 0. The van der Waals surface area contributed by atoms with E-state index in [0.717, 1.165) is 0 Å². The number of anilines is 1. The number of nitrogens with zero attached hydrogens (tertiary/aromatic N) is 2.